The molecule has 4 aromatic rings. The molecule has 0 bridgehead atoms. The van der Waals surface area contributed by atoms with Crippen LogP contribution in [0.2, 0.25) is 0 Å². The lowest BCUT2D eigenvalue weighted by Crippen LogP contribution is -2.26. The van der Waals surface area contributed by atoms with Crippen LogP contribution in [0.25, 0.3) is 21.8 Å². The molecule has 0 aliphatic carbocycles. The number of aliphatic hydroxyl groups excluding tert-OH is 1. The standard InChI is InChI=1S/C23H24FN3O5S/c1-25-33(30,31)23-10-14(2-7-21(23)28)22(29)13-26-8-9-32-16-4-5-17-18-11-15(24)3-6-19(18)27-20(17)12-16/h2-7,10-12,22,25-29H,8-9,13H2,1H3. The van der Waals surface area contributed by atoms with Gasteiger partial charge in [0.05, 0.1) is 11.6 Å². The minimum absolute atomic E-state index is 0.166. The topological polar surface area (TPSA) is 124 Å². The predicted molar refractivity (Wildman–Crippen MR) is 123 cm³/mol. The van der Waals surface area contributed by atoms with E-state index in [0.717, 1.165) is 21.8 Å². The second-order valence-corrected chi connectivity index (χ2v) is 9.38. The quantitative estimate of drug-likeness (QED) is 0.238. The number of sulfonamides is 1. The predicted octanol–water partition coefficient (Wildman–Crippen LogP) is 2.78. The van der Waals surface area contributed by atoms with Gasteiger partial charge in [0.2, 0.25) is 10.0 Å². The zero-order valence-corrected chi connectivity index (χ0v) is 18.6. The van der Waals surface area contributed by atoms with Crippen molar-refractivity contribution in [3.05, 3.63) is 66.0 Å². The Bertz CT molecular complexity index is 1400. The van der Waals surface area contributed by atoms with Crippen LogP contribution in [0.1, 0.15) is 11.7 Å². The lowest BCUT2D eigenvalue weighted by molar-refractivity contribution is 0.171. The number of ether oxygens (including phenoxy) is 1. The Morgan fingerprint density at radius 3 is 2.67 bits per heavy atom. The molecule has 1 unspecified atom stereocenters. The van der Waals surface area contributed by atoms with Gasteiger partial charge in [-0.3, -0.25) is 0 Å². The molecule has 0 saturated carbocycles. The van der Waals surface area contributed by atoms with Gasteiger partial charge in [-0.1, -0.05) is 6.07 Å². The first-order valence-corrected chi connectivity index (χ1v) is 11.8. The Labute approximate surface area is 190 Å². The largest absolute Gasteiger partial charge is 0.507 e. The first kappa shape index (κ1) is 23.0. The molecule has 1 atom stereocenters. The van der Waals surface area contributed by atoms with Crippen molar-refractivity contribution in [3.8, 4) is 11.5 Å². The summed E-state index contributed by atoms with van der Waals surface area (Å²) >= 11 is 0. The van der Waals surface area contributed by atoms with Gasteiger partial charge in [-0.25, -0.2) is 17.5 Å². The van der Waals surface area contributed by atoms with Crippen LogP contribution in [0.15, 0.2) is 59.5 Å². The highest BCUT2D eigenvalue weighted by atomic mass is 32.2. The number of H-pyrrole nitrogens is 1. The SMILES string of the molecule is CNS(=O)(=O)c1cc(C(O)CNCCOc2ccc3c(c2)[nH]c2ccc(F)cc23)ccc1O. The Morgan fingerprint density at radius 1 is 1.06 bits per heavy atom. The fourth-order valence-electron chi connectivity index (χ4n) is 3.61. The van der Waals surface area contributed by atoms with E-state index in [1.165, 1.54) is 37.4 Å². The van der Waals surface area contributed by atoms with Gasteiger partial charge in [0.1, 0.15) is 28.8 Å². The normalized spacial score (nSPS) is 12.9. The van der Waals surface area contributed by atoms with Crippen LogP contribution in [0, 0.1) is 5.82 Å². The zero-order chi connectivity index (χ0) is 23.6. The molecule has 0 aliphatic rings. The van der Waals surface area contributed by atoms with E-state index in [-0.39, 0.29) is 17.3 Å². The van der Waals surface area contributed by atoms with Crippen LogP contribution >= 0.6 is 0 Å². The van der Waals surface area contributed by atoms with Gasteiger partial charge in [-0.15, -0.1) is 0 Å². The number of nitrogens with one attached hydrogen (secondary N) is 3. The maximum absolute atomic E-state index is 13.5. The number of benzene rings is 3. The lowest BCUT2D eigenvalue weighted by atomic mass is 10.1. The molecule has 174 valence electrons. The van der Waals surface area contributed by atoms with Crippen molar-refractivity contribution in [1.29, 1.82) is 0 Å². The van der Waals surface area contributed by atoms with Gasteiger partial charge in [0.25, 0.3) is 0 Å². The van der Waals surface area contributed by atoms with Gasteiger partial charge >= 0.3 is 0 Å². The fourth-order valence-corrected chi connectivity index (χ4v) is 4.46. The molecular weight excluding hydrogens is 449 g/mol. The van der Waals surface area contributed by atoms with Crippen molar-refractivity contribution in [2.24, 2.45) is 0 Å². The zero-order valence-electron chi connectivity index (χ0n) is 17.8. The summed E-state index contributed by atoms with van der Waals surface area (Å²) in [5.41, 5.74) is 2.05. The van der Waals surface area contributed by atoms with E-state index in [2.05, 4.69) is 15.0 Å². The molecule has 0 fully saturated rings. The maximum Gasteiger partial charge on any atom is 0.243 e. The Morgan fingerprint density at radius 2 is 1.88 bits per heavy atom. The summed E-state index contributed by atoms with van der Waals surface area (Å²) in [5.74, 6) is -0.0276. The van der Waals surface area contributed by atoms with Crippen molar-refractivity contribution in [3.63, 3.8) is 0 Å². The molecule has 0 amide bonds. The van der Waals surface area contributed by atoms with E-state index in [0.29, 0.717) is 24.5 Å². The third-order valence-corrected chi connectivity index (χ3v) is 6.79. The van der Waals surface area contributed by atoms with Gasteiger partial charge in [-0.2, -0.15) is 0 Å². The Balaban J connectivity index is 1.32. The number of halogens is 1. The molecular formula is C23H24FN3O5S. The highest BCUT2D eigenvalue weighted by Crippen LogP contribution is 2.29. The Hall–Kier alpha value is -3.18. The monoisotopic (exact) mass is 473 g/mol. The molecule has 0 aliphatic heterocycles. The van der Waals surface area contributed by atoms with Gasteiger partial charge in [0.15, 0.2) is 0 Å². The molecule has 33 heavy (non-hydrogen) atoms. The number of fused-ring (bicyclic) bond motifs is 3. The van der Waals surface area contributed by atoms with Crippen LogP contribution in [0.5, 0.6) is 11.5 Å². The fraction of sp³-hybridized carbons (Fsp3) is 0.217. The number of phenols is 1. The van der Waals surface area contributed by atoms with Crippen molar-refractivity contribution in [2.45, 2.75) is 11.0 Å². The molecule has 1 heterocycles. The average molecular weight is 474 g/mol. The van der Waals surface area contributed by atoms with Crippen LogP contribution in [-0.2, 0) is 10.0 Å². The number of rotatable bonds is 9. The third-order valence-electron chi connectivity index (χ3n) is 5.34. The second-order valence-electron chi connectivity index (χ2n) is 7.53. The molecule has 10 heteroatoms. The number of hydrogen-bond donors (Lipinski definition) is 5. The summed E-state index contributed by atoms with van der Waals surface area (Å²) in [7, 11) is -2.60. The number of hydrogen-bond acceptors (Lipinski definition) is 6. The summed E-state index contributed by atoms with van der Waals surface area (Å²) in [6, 6.07) is 14.1. The molecule has 0 spiro atoms. The highest BCUT2D eigenvalue weighted by Gasteiger charge is 2.19. The molecule has 0 radical (unpaired) electrons. The summed E-state index contributed by atoms with van der Waals surface area (Å²) in [5, 5.41) is 24.9. The maximum atomic E-state index is 13.5. The van der Waals surface area contributed by atoms with Gasteiger partial charge in [0, 0.05) is 35.4 Å². The smallest absolute Gasteiger partial charge is 0.243 e. The number of aromatic hydroxyl groups is 1. The van der Waals surface area contributed by atoms with E-state index >= 15 is 0 Å². The summed E-state index contributed by atoms with van der Waals surface area (Å²) < 4.78 is 45.4. The van der Waals surface area contributed by atoms with E-state index in [9.17, 15) is 23.0 Å². The number of phenolic OH excluding ortho intramolecular Hbond substituents is 1. The van der Waals surface area contributed by atoms with Crippen LogP contribution < -0.4 is 14.8 Å². The highest BCUT2D eigenvalue weighted by molar-refractivity contribution is 7.89. The molecule has 1 aromatic heterocycles. The number of aromatic nitrogens is 1. The summed E-state index contributed by atoms with van der Waals surface area (Å²) in [6.07, 6.45) is -0.973. The summed E-state index contributed by atoms with van der Waals surface area (Å²) in [6.45, 7) is 0.939. The first-order valence-electron chi connectivity index (χ1n) is 10.3. The van der Waals surface area contributed by atoms with Crippen LogP contribution in [0.4, 0.5) is 4.39 Å². The average Bonchev–Trinajstić information content (AvgIpc) is 3.15. The molecule has 8 nitrogen and oxygen atoms in total. The second kappa shape index (κ2) is 9.36. The lowest BCUT2D eigenvalue weighted by Gasteiger charge is -2.14. The minimum atomic E-state index is -3.84. The van der Waals surface area contributed by atoms with Crippen molar-refractivity contribution < 1.29 is 27.8 Å². The molecule has 5 N–H and O–H groups in total. The number of aromatic amines is 1. The molecule has 3 aromatic carbocycles. The molecule has 4 rings (SSSR count). The van der Waals surface area contributed by atoms with E-state index in [4.69, 9.17) is 4.74 Å². The summed E-state index contributed by atoms with van der Waals surface area (Å²) in [4.78, 5) is 2.95. The van der Waals surface area contributed by atoms with Gasteiger partial charge < -0.3 is 25.3 Å². The van der Waals surface area contributed by atoms with E-state index < -0.39 is 21.9 Å². The Kier molecular flexibility index (Phi) is 6.52. The third kappa shape index (κ3) is 4.93. The molecule has 0 saturated heterocycles. The van der Waals surface area contributed by atoms with E-state index in [1.54, 1.807) is 6.07 Å². The number of aliphatic hydroxyl groups is 1. The van der Waals surface area contributed by atoms with Crippen molar-refractivity contribution in [2.75, 3.05) is 26.7 Å². The first-order chi connectivity index (χ1) is 15.8. The van der Waals surface area contributed by atoms with Crippen molar-refractivity contribution >= 4 is 31.8 Å². The van der Waals surface area contributed by atoms with Crippen LogP contribution in [-0.4, -0.2) is 50.4 Å². The van der Waals surface area contributed by atoms with E-state index in [1.807, 2.05) is 18.2 Å². The van der Waals surface area contributed by atoms with Crippen LogP contribution in [0.3, 0.4) is 0 Å². The van der Waals surface area contributed by atoms with Crippen molar-refractivity contribution in [1.82, 2.24) is 15.0 Å². The minimum Gasteiger partial charge on any atom is -0.507 e. The van der Waals surface area contributed by atoms with Gasteiger partial charge in [-0.05, 0) is 55.1 Å².